The summed E-state index contributed by atoms with van der Waals surface area (Å²) in [5.41, 5.74) is 8.88. The first kappa shape index (κ1) is 17.6. The summed E-state index contributed by atoms with van der Waals surface area (Å²) in [4.78, 5) is 0. The van der Waals surface area contributed by atoms with E-state index in [4.69, 9.17) is 0 Å². The van der Waals surface area contributed by atoms with E-state index < -0.39 is 13.3 Å². The van der Waals surface area contributed by atoms with Crippen molar-refractivity contribution in [2.75, 3.05) is 0 Å². The van der Waals surface area contributed by atoms with Crippen molar-refractivity contribution in [3.8, 4) is 22.3 Å². The zero-order chi connectivity index (χ0) is 18.7. The maximum atomic E-state index is 2.58. The minimum atomic E-state index is -2.34. The summed E-state index contributed by atoms with van der Waals surface area (Å²) < 4.78 is 3.34. The Bertz CT molecular complexity index is 989. The van der Waals surface area contributed by atoms with Crippen LogP contribution >= 0.6 is 0 Å². The average molecular weight is 401 g/mol. The number of benzene rings is 3. The van der Waals surface area contributed by atoms with Gasteiger partial charge in [-0.15, -0.1) is 0 Å². The number of hydrogen-bond donors (Lipinski definition) is 0. The van der Waals surface area contributed by atoms with E-state index in [1.807, 2.05) is 0 Å². The summed E-state index contributed by atoms with van der Waals surface area (Å²) in [5, 5.41) is 0. The molecule has 0 aromatic heterocycles. The first-order valence-electron chi connectivity index (χ1n) is 9.56. The molecule has 0 nitrogen and oxygen atoms in total. The zero-order valence-corrected chi connectivity index (χ0v) is 18.9. The van der Waals surface area contributed by atoms with Gasteiger partial charge in [0.25, 0.3) is 0 Å². The molecule has 0 bridgehead atoms. The van der Waals surface area contributed by atoms with Gasteiger partial charge in [0.1, 0.15) is 0 Å². The molecule has 3 aromatic carbocycles. The van der Waals surface area contributed by atoms with Crippen molar-refractivity contribution < 1.29 is 0 Å². The van der Waals surface area contributed by atoms with Gasteiger partial charge in [-0.1, -0.05) is 0 Å². The van der Waals surface area contributed by atoms with Crippen LogP contribution in [0.25, 0.3) is 22.3 Å². The predicted molar refractivity (Wildman–Crippen MR) is 118 cm³/mol. The minimum absolute atomic E-state index is 0.183. The number of aryl methyl sites for hydroxylation is 1. The Hall–Kier alpha value is -1.80. The Morgan fingerprint density at radius 3 is 2.04 bits per heavy atom. The maximum absolute atomic E-state index is 2.58. The topological polar surface area (TPSA) is 0 Å². The monoisotopic (exact) mass is 402 g/mol. The van der Waals surface area contributed by atoms with Gasteiger partial charge in [-0.2, -0.15) is 0 Å². The summed E-state index contributed by atoms with van der Waals surface area (Å²) in [5.74, 6) is 5.16. The third kappa shape index (κ3) is 2.58. The van der Waals surface area contributed by atoms with Crippen molar-refractivity contribution in [3.63, 3.8) is 0 Å². The van der Waals surface area contributed by atoms with Crippen LogP contribution in [0, 0.1) is 6.92 Å². The second-order valence-electron chi connectivity index (χ2n) is 9.18. The third-order valence-electron chi connectivity index (χ3n) is 5.88. The number of rotatable bonds is 1. The summed E-state index contributed by atoms with van der Waals surface area (Å²) in [6, 6.07) is 22.7. The van der Waals surface area contributed by atoms with Crippen molar-refractivity contribution >= 4 is 22.1 Å². The van der Waals surface area contributed by atoms with Crippen molar-refractivity contribution in [3.05, 3.63) is 71.8 Å². The van der Waals surface area contributed by atoms with Crippen LogP contribution in [0.2, 0.25) is 11.5 Å². The molecule has 0 amide bonds. The Kier molecular flexibility index (Phi) is 3.96. The quantitative estimate of drug-likeness (QED) is 0.455. The molecular formula is C25H28Ge. The van der Waals surface area contributed by atoms with Crippen LogP contribution in [0.4, 0.5) is 0 Å². The van der Waals surface area contributed by atoms with E-state index in [0.717, 1.165) is 0 Å². The van der Waals surface area contributed by atoms with Gasteiger partial charge in [0.2, 0.25) is 0 Å². The van der Waals surface area contributed by atoms with E-state index in [1.54, 1.807) is 14.4 Å². The second kappa shape index (κ2) is 5.85. The van der Waals surface area contributed by atoms with Gasteiger partial charge in [0, 0.05) is 0 Å². The van der Waals surface area contributed by atoms with E-state index >= 15 is 0 Å². The fourth-order valence-electron chi connectivity index (χ4n) is 4.79. The van der Waals surface area contributed by atoms with Crippen LogP contribution in [0.1, 0.15) is 31.9 Å². The van der Waals surface area contributed by atoms with E-state index in [9.17, 15) is 0 Å². The molecule has 1 heteroatoms. The molecule has 132 valence electrons. The van der Waals surface area contributed by atoms with Gasteiger partial charge in [-0.05, 0) is 0 Å². The van der Waals surface area contributed by atoms with Gasteiger partial charge < -0.3 is 0 Å². The van der Waals surface area contributed by atoms with Crippen molar-refractivity contribution in [2.24, 2.45) is 0 Å². The number of hydrogen-bond acceptors (Lipinski definition) is 0. The molecule has 0 N–H and O–H groups in total. The molecule has 0 unspecified atom stereocenters. The summed E-state index contributed by atoms with van der Waals surface area (Å²) in [6.45, 7) is 9.39. The van der Waals surface area contributed by atoms with Crippen LogP contribution < -0.4 is 8.79 Å². The van der Waals surface area contributed by atoms with Gasteiger partial charge in [0.05, 0.1) is 0 Å². The van der Waals surface area contributed by atoms with Gasteiger partial charge in [-0.3, -0.25) is 0 Å². The Labute approximate surface area is 160 Å². The SMILES string of the molecule is Cc1ccc2[c](c1C(C)(C)C)[Ge]([CH3])([CH3])[c]1cc(-c3ccccc3)ccc1-2. The molecule has 0 spiro atoms. The number of fused-ring (bicyclic) bond motifs is 3. The van der Waals surface area contributed by atoms with E-state index in [-0.39, 0.29) is 5.41 Å². The fourth-order valence-corrected chi connectivity index (χ4v) is 12.7. The average Bonchev–Trinajstić information content (AvgIpc) is 2.82. The molecule has 0 saturated carbocycles. The first-order valence-corrected chi connectivity index (χ1v) is 15.9. The molecule has 3 aromatic rings. The molecule has 0 saturated heterocycles. The Morgan fingerprint density at radius 1 is 0.731 bits per heavy atom. The molecule has 0 radical (unpaired) electrons. The fraction of sp³-hybridized carbons (Fsp3) is 0.280. The van der Waals surface area contributed by atoms with Gasteiger partial charge >= 0.3 is 161 Å². The molecule has 0 fully saturated rings. The molecule has 0 aliphatic carbocycles. The van der Waals surface area contributed by atoms with Crippen LogP contribution in [-0.2, 0) is 5.41 Å². The van der Waals surface area contributed by atoms with Gasteiger partial charge in [0.15, 0.2) is 0 Å². The van der Waals surface area contributed by atoms with E-state index in [0.29, 0.717) is 0 Å². The van der Waals surface area contributed by atoms with Gasteiger partial charge in [-0.25, -0.2) is 0 Å². The third-order valence-corrected chi connectivity index (χ3v) is 13.3. The Balaban J connectivity index is 1.98. The summed E-state index contributed by atoms with van der Waals surface area (Å²) in [7, 11) is 0. The van der Waals surface area contributed by atoms with E-state index in [2.05, 4.69) is 99.9 Å². The molecular weight excluding hydrogens is 373 g/mol. The second-order valence-corrected chi connectivity index (χ2v) is 18.2. The van der Waals surface area contributed by atoms with E-state index in [1.165, 1.54) is 27.8 Å². The summed E-state index contributed by atoms with van der Waals surface area (Å²) >= 11 is -2.34. The molecule has 4 rings (SSSR count). The van der Waals surface area contributed by atoms with Crippen LogP contribution in [0.5, 0.6) is 0 Å². The first-order chi connectivity index (χ1) is 12.2. The predicted octanol–water partition coefficient (Wildman–Crippen LogP) is 5.76. The van der Waals surface area contributed by atoms with Crippen molar-refractivity contribution in [1.29, 1.82) is 0 Å². The molecule has 1 heterocycles. The van der Waals surface area contributed by atoms with Crippen LogP contribution in [0.15, 0.2) is 60.7 Å². The zero-order valence-electron chi connectivity index (χ0n) is 16.8. The molecule has 0 atom stereocenters. The van der Waals surface area contributed by atoms with Crippen LogP contribution in [0.3, 0.4) is 0 Å². The van der Waals surface area contributed by atoms with Crippen molar-refractivity contribution in [2.45, 2.75) is 44.6 Å². The summed E-state index contributed by atoms with van der Waals surface area (Å²) in [6.07, 6.45) is 0. The molecule has 1 aliphatic heterocycles. The molecule has 1 aliphatic rings. The van der Waals surface area contributed by atoms with Crippen molar-refractivity contribution in [1.82, 2.24) is 0 Å². The normalized spacial score (nSPS) is 14.8. The van der Waals surface area contributed by atoms with Crippen LogP contribution in [-0.4, -0.2) is 13.3 Å². The standard InChI is InChI=1S/C25H28Ge/c1-17-12-14-21-20-15-13-19(18-10-8-7-9-11-18)16-22(20)26(5,6)24(21)23(17)25(2,3)4/h7-16H,1-6H3. The molecule has 26 heavy (non-hydrogen) atoms. The Morgan fingerprint density at radius 2 is 1.38 bits per heavy atom.